The Balaban J connectivity index is 0.00000106. The van der Waals surface area contributed by atoms with Gasteiger partial charge < -0.3 is 33.1 Å². The number of hydrogen-bond acceptors (Lipinski definition) is 7. The van der Waals surface area contributed by atoms with Crippen LogP contribution in [0.5, 0.6) is 0 Å². The van der Waals surface area contributed by atoms with Crippen molar-refractivity contribution >= 4 is 73.6 Å². The lowest BCUT2D eigenvalue weighted by atomic mass is 9.72. The number of urea groups is 1. The number of nitrogens with zero attached hydrogens (tertiary/aromatic N) is 4. The van der Waals surface area contributed by atoms with Gasteiger partial charge in [-0.25, -0.2) is 14.4 Å². The van der Waals surface area contributed by atoms with Crippen LogP contribution < -0.4 is 22.9 Å². The molecule has 15 nitrogen and oxygen atoms in total. The summed E-state index contributed by atoms with van der Waals surface area (Å²) in [5.41, 5.74) is 22.9. The first-order chi connectivity index (χ1) is 27.0. The Morgan fingerprint density at radius 3 is 1.34 bits per heavy atom. The van der Waals surface area contributed by atoms with Crippen molar-refractivity contribution < 1.29 is 60.5 Å². The number of unbranched alkanes of at least 4 members (excludes halogenated alkanes) is 2. The van der Waals surface area contributed by atoms with Crippen molar-refractivity contribution in [1.29, 1.82) is 0 Å². The summed E-state index contributed by atoms with van der Waals surface area (Å²) in [4.78, 5) is 71.2. The molecule has 0 saturated carbocycles. The third kappa shape index (κ3) is 17.4. The van der Waals surface area contributed by atoms with Crippen LogP contribution >= 0.6 is 31.9 Å². The van der Waals surface area contributed by atoms with Gasteiger partial charge >= 0.3 is 30.3 Å². The molecule has 0 aromatic heterocycles. The Morgan fingerprint density at radius 2 is 1.02 bits per heavy atom. The lowest BCUT2D eigenvalue weighted by Crippen LogP contribution is -2.66. The molecule has 0 bridgehead atoms. The van der Waals surface area contributed by atoms with Gasteiger partial charge in [-0.3, -0.25) is 29.4 Å². The number of imide groups is 2. The Labute approximate surface area is 352 Å². The summed E-state index contributed by atoms with van der Waals surface area (Å²) in [6.45, 7) is 7.37. The molecule has 1 fully saturated rings. The monoisotopic (exact) mass is 974 g/mol. The van der Waals surface area contributed by atoms with E-state index in [1.165, 1.54) is 9.80 Å². The number of benzene rings is 2. The van der Waals surface area contributed by atoms with Crippen molar-refractivity contribution in [1.82, 2.24) is 9.80 Å². The highest BCUT2D eigenvalue weighted by molar-refractivity contribution is 9.11. The molecule has 23 heteroatoms. The Hall–Kier alpha value is -4.93. The molecule has 59 heavy (non-hydrogen) atoms. The van der Waals surface area contributed by atoms with E-state index < -0.39 is 47.6 Å². The molecule has 0 unspecified atom stereocenters. The first-order valence-electron chi connectivity index (χ1n) is 17.5. The number of carboxylic acid groups (broad SMARTS) is 2. The number of alkyl halides is 6. The van der Waals surface area contributed by atoms with Gasteiger partial charge in [0.1, 0.15) is 5.41 Å². The second-order valence-corrected chi connectivity index (χ2v) is 15.8. The van der Waals surface area contributed by atoms with E-state index in [1.54, 1.807) is 0 Å². The van der Waals surface area contributed by atoms with Gasteiger partial charge in [0.2, 0.25) is 11.8 Å². The van der Waals surface area contributed by atoms with E-state index in [0.29, 0.717) is 38.8 Å². The summed E-state index contributed by atoms with van der Waals surface area (Å²) in [6, 6.07) is 13.1. The van der Waals surface area contributed by atoms with Crippen LogP contribution in [0.4, 0.5) is 31.1 Å². The number of halogens is 8. The highest BCUT2D eigenvalue weighted by atomic mass is 79.9. The number of rotatable bonds is 14. The van der Waals surface area contributed by atoms with Gasteiger partial charge in [0.15, 0.2) is 11.9 Å². The van der Waals surface area contributed by atoms with E-state index in [2.05, 4.69) is 62.6 Å². The molecule has 1 saturated heterocycles. The van der Waals surface area contributed by atoms with Gasteiger partial charge in [0.25, 0.3) is 0 Å². The molecule has 0 atom stereocenters. The predicted octanol–water partition coefficient (Wildman–Crippen LogP) is 5.45. The van der Waals surface area contributed by atoms with Gasteiger partial charge in [0.05, 0.1) is 0 Å². The van der Waals surface area contributed by atoms with Crippen LogP contribution in [0.25, 0.3) is 0 Å². The minimum Gasteiger partial charge on any atom is -0.475 e. The molecule has 328 valence electrons. The number of aliphatic carboxylic acids is 2. The zero-order valence-electron chi connectivity index (χ0n) is 32.2. The third-order valence-electron chi connectivity index (χ3n) is 8.18. The number of carbonyl (C=O) groups is 5. The van der Waals surface area contributed by atoms with Crippen molar-refractivity contribution in [3.63, 3.8) is 0 Å². The third-order valence-corrected chi connectivity index (χ3v) is 9.09. The van der Waals surface area contributed by atoms with Crippen LogP contribution in [0.15, 0.2) is 61.4 Å². The minimum atomic E-state index is -5.08. The molecule has 2 aromatic carbocycles. The second-order valence-electron chi connectivity index (χ2n) is 14.0. The number of barbiturate groups is 1. The zero-order valence-corrected chi connectivity index (χ0v) is 35.3. The number of guanidine groups is 2. The quantitative estimate of drug-likeness (QED) is 0.0456. The first kappa shape index (κ1) is 52.1. The lowest BCUT2D eigenvalue weighted by molar-refractivity contribution is -0.193. The van der Waals surface area contributed by atoms with E-state index in [4.69, 9.17) is 42.7 Å². The van der Waals surface area contributed by atoms with E-state index in [0.717, 1.165) is 25.6 Å². The van der Waals surface area contributed by atoms with Crippen LogP contribution in [0.2, 0.25) is 0 Å². The molecule has 4 amide bonds. The fourth-order valence-corrected chi connectivity index (χ4v) is 6.79. The smallest absolute Gasteiger partial charge is 0.475 e. The zero-order chi connectivity index (χ0) is 45.5. The normalized spacial score (nSPS) is 14.1. The minimum absolute atomic E-state index is 0.0192. The summed E-state index contributed by atoms with van der Waals surface area (Å²) < 4.78 is 65.1. The van der Waals surface area contributed by atoms with Crippen molar-refractivity contribution in [3.05, 3.63) is 68.1 Å². The first-order valence-corrected chi connectivity index (χ1v) is 19.0. The molecule has 0 radical (unpaired) electrons. The molecular formula is C36H46Br2F6N8O7. The Morgan fingerprint density at radius 1 is 0.661 bits per heavy atom. The molecule has 1 aliphatic heterocycles. The largest absolute Gasteiger partial charge is 0.490 e. The fraction of sp³-hybridized carbons (Fsp3) is 0.472. The molecule has 0 aliphatic carbocycles. The molecular weight excluding hydrogens is 930 g/mol. The van der Waals surface area contributed by atoms with E-state index >= 15 is 0 Å². The number of carboxylic acids is 2. The van der Waals surface area contributed by atoms with E-state index in [9.17, 15) is 40.7 Å². The maximum atomic E-state index is 14.6. The number of aliphatic imine (C=N–C) groups is 2. The van der Waals surface area contributed by atoms with Gasteiger partial charge in [-0.15, -0.1) is 0 Å². The molecule has 1 heterocycles. The lowest BCUT2D eigenvalue weighted by Gasteiger charge is -2.44. The predicted molar refractivity (Wildman–Crippen MR) is 213 cm³/mol. The second kappa shape index (κ2) is 22.4. The van der Waals surface area contributed by atoms with E-state index in [-0.39, 0.29) is 43.3 Å². The fourth-order valence-electron chi connectivity index (χ4n) is 5.40. The highest BCUT2D eigenvalue weighted by Crippen LogP contribution is 2.39. The maximum Gasteiger partial charge on any atom is 0.490 e. The highest BCUT2D eigenvalue weighted by Gasteiger charge is 2.57. The molecule has 0 spiro atoms. The standard InChI is InChI=1S/C32H44Br2N8O3.2C2HF3O2/c1-31(2,3)23-10-8-21(9-11-23)19-32(20-22-16-24(33)18-25(34)17-22)26(43)41(14-6-4-12-39-28(35)36)30(45)42(27(32)44)15-7-5-13-40-29(37)38;2*3-2(4,5)1(6)7/h8-11,16-18H,4-7,12-15,19-20H2,1-3H3,(H4,35,36,39)(H4,37,38,40);2*(H,6,7). The Bertz CT molecular complexity index is 1750. The molecule has 3 rings (SSSR count). The van der Waals surface area contributed by atoms with Crippen molar-refractivity contribution in [3.8, 4) is 0 Å². The average Bonchev–Trinajstić information content (AvgIpc) is 3.08. The van der Waals surface area contributed by atoms with Crippen LogP contribution in [0.3, 0.4) is 0 Å². The molecule has 10 N–H and O–H groups in total. The SMILES string of the molecule is CC(C)(C)c1ccc(CC2(Cc3cc(Br)cc(Br)c3)C(=O)N(CCCCN=C(N)N)C(=O)N(CCCCN=C(N)N)C2=O)cc1.O=C(O)C(F)(F)F.O=C(O)C(F)(F)F. The van der Waals surface area contributed by atoms with Crippen LogP contribution in [-0.4, -0.2) is 100 Å². The molecule has 2 aromatic rings. The summed E-state index contributed by atoms with van der Waals surface area (Å²) in [7, 11) is 0. The van der Waals surface area contributed by atoms with Crippen molar-refractivity contribution in [2.75, 3.05) is 26.2 Å². The topological polar surface area (TPSA) is 261 Å². The summed E-state index contributed by atoms with van der Waals surface area (Å²) in [6.07, 6.45) is -7.88. The number of amides is 4. The number of nitrogens with two attached hydrogens (primary N) is 4. The van der Waals surface area contributed by atoms with Crippen molar-refractivity contribution in [2.45, 2.75) is 77.1 Å². The van der Waals surface area contributed by atoms with Crippen molar-refractivity contribution in [2.24, 2.45) is 38.3 Å². The molecule has 1 aliphatic rings. The van der Waals surface area contributed by atoms with E-state index in [1.807, 2.05) is 42.5 Å². The Kier molecular flexibility index (Phi) is 19.8. The average molecular weight is 977 g/mol. The number of hydrogen-bond donors (Lipinski definition) is 6. The van der Waals surface area contributed by atoms with Gasteiger partial charge in [-0.2, -0.15) is 26.3 Å². The summed E-state index contributed by atoms with van der Waals surface area (Å²) in [5, 5.41) is 14.2. The van der Waals surface area contributed by atoms with Gasteiger partial charge in [-0.05, 0) is 78.8 Å². The summed E-state index contributed by atoms with van der Waals surface area (Å²) in [5.74, 6) is -6.57. The van der Waals surface area contributed by atoms with Crippen LogP contribution in [0, 0.1) is 5.41 Å². The van der Waals surface area contributed by atoms with Gasteiger partial charge in [0, 0.05) is 35.1 Å². The van der Waals surface area contributed by atoms with Crippen LogP contribution in [0.1, 0.15) is 63.1 Å². The van der Waals surface area contributed by atoms with Gasteiger partial charge in [-0.1, -0.05) is 76.9 Å². The maximum absolute atomic E-state index is 14.6. The van der Waals surface area contributed by atoms with Crippen LogP contribution in [-0.2, 0) is 37.4 Å². The summed E-state index contributed by atoms with van der Waals surface area (Å²) >= 11 is 7.08. The number of carbonyl (C=O) groups excluding carboxylic acids is 3.